The lowest BCUT2D eigenvalue weighted by molar-refractivity contribution is -0.150. The van der Waals surface area contributed by atoms with Gasteiger partial charge in [-0.25, -0.2) is 0 Å². The fraction of sp³-hybridized carbons (Fsp3) is 0.917. The van der Waals surface area contributed by atoms with Gasteiger partial charge in [-0.1, -0.05) is 0 Å². The number of amides is 1. The van der Waals surface area contributed by atoms with Crippen LogP contribution in [0.15, 0.2) is 0 Å². The highest BCUT2D eigenvalue weighted by molar-refractivity contribution is 5.77. The summed E-state index contributed by atoms with van der Waals surface area (Å²) in [5.41, 5.74) is -0.0508. The molecule has 2 atom stereocenters. The minimum absolute atomic E-state index is 0.0242. The highest BCUT2D eigenvalue weighted by atomic mass is 16.5. The van der Waals surface area contributed by atoms with Crippen molar-refractivity contribution >= 4 is 5.91 Å². The molecule has 0 aromatic carbocycles. The maximum atomic E-state index is 11.4. The van der Waals surface area contributed by atoms with E-state index in [9.17, 15) is 9.90 Å². The Kier molecular flexibility index (Phi) is 4.01. The third-order valence-corrected chi connectivity index (χ3v) is 4.12. The number of hydrogen-bond acceptors (Lipinski definition) is 4. The van der Waals surface area contributed by atoms with E-state index in [1.807, 2.05) is 6.92 Å². The molecule has 98 valence electrons. The molecule has 0 aromatic heterocycles. The average Bonchev–Trinajstić information content (AvgIpc) is 2.35. The van der Waals surface area contributed by atoms with Crippen LogP contribution in [0.4, 0.5) is 0 Å². The van der Waals surface area contributed by atoms with Crippen LogP contribution in [0.3, 0.4) is 0 Å². The average molecular weight is 242 g/mol. The zero-order valence-electron chi connectivity index (χ0n) is 10.4. The fourth-order valence-corrected chi connectivity index (χ4v) is 2.96. The van der Waals surface area contributed by atoms with Crippen molar-refractivity contribution in [3.8, 4) is 0 Å². The molecule has 1 spiro atoms. The fourth-order valence-electron chi connectivity index (χ4n) is 2.96. The molecule has 5 heteroatoms. The monoisotopic (exact) mass is 242 g/mol. The molecule has 2 aliphatic rings. The molecule has 0 aromatic rings. The van der Waals surface area contributed by atoms with Gasteiger partial charge in [0, 0.05) is 31.2 Å². The van der Waals surface area contributed by atoms with Gasteiger partial charge in [0.2, 0.25) is 5.91 Å². The van der Waals surface area contributed by atoms with E-state index in [-0.39, 0.29) is 23.5 Å². The summed E-state index contributed by atoms with van der Waals surface area (Å²) in [5.74, 6) is 0.0242. The molecule has 2 rings (SSSR count). The predicted octanol–water partition coefficient (Wildman–Crippen LogP) is -0.358. The van der Waals surface area contributed by atoms with Crippen LogP contribution in [-0.4, -0.2) is 49.5 Å². The highest BCUT2D eigenvalue weighted by Gasteiger charge is 2.54. The summed E-state index contributed by atoms with van der Waals surface area (Å²) in [6.45, 7) is 4.35. The zero-order chi connectivity index (χ0) is 12.3. The first-order valence-electron chi connectivity index (χ1n) is 6.45. The molecule has 0 unspecified atom stereocenters. The number of rotatable bonds is 4. The van der Waals surface area contributed by atoms with Crippen molar-refractivity contribution < 1.29 is 14.6 Å². The minimum Gasteiger partial charge on any atom is -0.392 e. The van der Waals surface area contributed by atoms with Crippen LogP contribution in [-0.2, 0) is 9.53 Å². The van der Waals surface area contributed by atoms with E-state index in [1.54, 1.807) is 0 Å². The van der Waals surface area contributed by atoms with Crippen molar-refractivity contribution in [1.29, 1.82) is 0 Å². The normalized spacial score (nSPS) is 30.9. The van der Waals surface area contributed by atoms with Crippen molar-refractivity contribution in [3.05, 3.63) is 0 Å². The third-order valence-electron chi connectivity index (χ3n) is 4.12. The largest absolute Gasteiger partial charge is 0.392 e. The Bertz CT molecular complexity index is 277. The molecule has 1 saturated heterocycles. The second kappa shape index (κ2) is 5.33. The molecule has 1 aliphatic heterocycles. The summed E-state index contributed by atoms with van der Waals surface area (Å²) in [4.78, 5) is 11.4. The highest BCUT2D eigenvalue weighted by Crippen LogP contribution is 2.48. The summed E-state index contributed by atoms with van der Waals surface area (Å²) < 4.78 is 5.34. The first kappa shape index (κ1) is 12.8. The molecule has 17 heavy (non-hydrogen) atoms. The van der Waals surface area contributed by atoms with Gasteiger partial charge in [0.15, 0.2) is 0 Å². The molecule has 1 heterocycles. The molecule has 5 nitrogen and oxygen atoms in total. The van der Waals surface area contributed by atoms with E-state index in [2.05, 4.69) is 10.6 Å². The van der Waals surface area contributed by atoms with Crippen LogP contribution in [0, 0.1) is 5.41 Å². The lowest BCUT2D eigenvalue weighted by Gasteiger charge is -2.55. The van der Waals surface area contributed by atoms with E-state index < -0.39 is 0 Å². The first-order valence-corrected chi connectivity index (χ1v) is 6.45. The summed E-state index contributed by atoms with van der Waals surface area (Å²) in [6.07, 6.45) is 2.29. The molecule has 3 N–H and O–H groups in total. The Labute approximate surface area is 102 Å². The number of aliphatic hydroxyl groups excluding tert-OH is 1. The first-order chi connectivity index (χ1) is 8.19. The van der Waals surface area contributed by atoms with Crippen molar-refractivity contribution in [2.45, 2.75) is 38.3 Å². The lowest BCUT2D eigenvalue weighted by Crippen LogP contribution is -2.65. The van der Waals surface area contributed by atoms with Crippen molar-refractivity contribution in [2.75, 3.05) is 26.3 Å². The van der Waals surface area contributed by atoms with Crippen LogP contribution in [0.1, 0.15) is 26.2 Å². The van der Waals surface area contributed by atoms with Gasteiger partial charge in [-0.05, 0) is 26.2 Å². The van der Waals surface area contributed by atoms with Crippen molar-refractivity contribution in [2.24, 2.45) is 5.41 Å². The Balaban J connectivity index is 1.83. The molecule has 0 radical (unpaired) electrons. The van der Waals surface area contributed by atoms with Crippen LogP contribution >= 0.6 is 0 Å². The maximum Gasteiger partial charge on any atom is 0.233 e. The van der Waals surface area contributed by atoms with Gasteiger partial charge in [-0.15, -0.1) is 0 Å². The van der Waals surface area contributed by atoms with E-state index in [0.717, 1.165) is 32.5 Å². The SMILES string of the molecule is CCNC(=O)CN[C@@H]1C[C@@H](O)C12CCOCC2. The molecule has 2 fully saturated rings. The number of ether oxygens (including phenoxy) is 1. The molecule has 1 saturated carbocycles. The Morgan fingerprint density at radius 1 is 1.47 bits per heavy atom. The lowest BCUT2D eigenvalue weighted by atomic mass is 9.58. The summed E-state index contributed by atoms with van der Waals surface area (Å²) >= 11 is 0. The number of aliphatic hydroxyl groups is 1. The van der Waals surface area contributed by atoms with Gasteiger partial charge < -0.3 is 20.5 Å². The minimum atomic E-state index is -0.238. The summed E-state index contributed by atoms with van der Waals surface area (Å²) in [6, 6.07) is 0.254. The van der Waals surface area contributed by atoms with Crippen LogP contribution in [0.2, 0.25) is 0 Å². The Hall–Kier alpha value is -0.650. The second-order valence-corrected chi connectivity index (χ2v) is 4.98. The van der Waals surface area contributed by atoms with Gasteiger partial charge >= 0.3 is 0 Å². The van der Waals surface area contributed by atoms with Crippen LogP contribution in [0.25, 0.3) is 0 Å². The predicted molar refractivity (Wildman–Crippen MR) is 63.6 cm³/mol. The second-order valence-electron chi connectivity index (χ2n) is 4.98. The molecule has 1 aliphatic carbocycles. The van der Waals surface area contributed by atoms with Crippen LogP contribution < -0.4 is 10.6 Å². The van der Waals surface area contributed by atoms with E-state index >= 15 is 0 Å². The van der Waals surface area contributed by atoms with Crippen LogP contribution in [0.5, 0.6) is 0 Å². The number of nitrogens with one attached hydrogen (secondary N) is 2. The van der Waals surface area contributed by atoms with E-state index in [1.165, 1.54) is 0 Å². The van der Waals surface area contributed by atoms with Gasteiger partial charge in [-0.2, -0.15) is 0 Å². The Morgan fingerprint density at radius 3 is 2.76 bits per heavy atom. The van der Waals surface area contributed by atoms with E-state index in [4.69, 9.17) is 4.74 Å². The maximum absolute atomic E-state index is 11.4. The molecule has 0 bridgehead atoms. The van der Waals surface area contributed by atoms with Gasteiger partial charge in [-0.3, -0.25) is 4.79 Å². The number of likely N-dealkylation sites (N-methyl/N-ethyl adjacent to an activating group) is 1. The molecular formula is C12H22N2O3. The Morgan fingerprint density at radius 2 is 2.18 bits per heavy atom. The third kappa shape index (κ3) is 2.46. The van der Waals surface area contributed by atoms with Gasteiger partial charge in [0.1, 0.15) is 0 Å². The number of hydrogen-bond donors (Lipinski definition) is 3. The quantitative estimate of drug-likeness (QED) is 0.630. The molecule has 1 amide bonds. The summed E-state index contributed by atoms with van der Waals surface area (Å²) in [5, 5.41) is 16.0. The summed E-state index contributed by atoms with van der Waals surface area (Å²) in [7, 11) is 0. The van der Waals surface area contributed by atoms with E-state index in [0.29, 0.717) is 13.1 Å². The number of carbonyl (C=O) groups excluding carboxylic acids is 1. The van der Waals surface area contributed by atoms with Gasteiger partial charge in [0.25, 0.3) is 0 Å². The topological polar surface area (TPSA) is 70.6 Å². The zero-order valence-corrected chi connectivity index (χ0v) is 10.4. The molecular weight excluding hydrogens is 220 g/mol. The standard InChI is InChI=1S/C12H22N2O3/c1-2-13-11(16)8-14-9-7-10(15)12(9)3-5-17-6-4-12/h9-10,14-15H,2-8H2,1H3,(H,13,16)/t9-,10-/m1/s1. The van der Waals surface area contributed by atoms with Crippen molar-refractivity contribution in [1.82, 2.24) is 10.6 Å². The van der Waals surface area contributed by atoms with Crippen molar-refractivity contribution in [3.63, 3.8) is 0 Å². The number of carbonyl (C=O) groups is 1. The smallest absolute Gasteiger partial charge is 0.233 e. The van der Waals surface area contributed by atoms with Gasteiger partial charge in [0.05, 0.1) is 12.6 Å².